The van der Waals surface area contributed by atoms with E-state index in [0.29, 0.717) is 18.5 Å². The molecule has 0 saturated carbocycles. The zero-order chi connectivity index (χ0) is 14.0. The number of hydrogen-bond donors (Lipinski definition) is 1. The number of aromatic nitrogens is 1. The molecular formula is C13H17N3O3. The first-order valence-corrected chi connectivity index (χ1v) is 6.17. The molecule has 1 fully saturated rings. The van der Waals surface area contributed by atoms with Crippen LogP contribution in [0.15, 0.2) is 18.5 Å². The normalized spacial score (nSPS) is 18.4. The smallest absolute Gasteiger partial charge is 0.256 e. The zero-order valence-corrected chi connectivity index (χ0v) is 11.0. The van der Waals surface area contributed by atoms with Crippen LogP contribution in [0.5, 0.6) is 5.75 Å². The third-order valence-electron chi connectivity index (χ3n) is 3.21. The van der Waals surface area contributed by atoms with Crippen LogP contribution in [0.3, 0.4) is 0 Å². The second-order valence-corrected chi connectivity index (χ2v) is 4.82. The van der Waals surface area contributed by atoms with Crippen LogP contribution < -0.4 is 0 Å². The number of hydrogen-bond acceptors (Lipinski definition) is 4. The fourth-order valence-electron chi connectivity index (χ4n) is 2.28. The second-order valence-electron chi connectivity index (χ2n) is 4.82. The van der Waals surface area contributed by atoms with Gasteiger partial charge < -0.3 is 14.9 Å². The predicted octanol–water partition coefficient (Wildman–Crippen LogP) is 0.480. The number of carbonyl (C=O) groups excluding carboxylic acids is 2. The molecule has 1 N–H and O–H groups in total. The highest BCUT2D eigenvalue weighted by atomic mass is 16.3. The molecule has 0 spiro atoms. The number of nitrogens with zero attached hydrogens (tertiary/aromatic N) is 3. The van der Waals surface area contributed by atoms with Crippen molar-refractivity contribution in [2.24, 2.45) is 0 Å². The highest BCUT2D eigenvalue weighted by Crippen LogP contribution is 2.22. The molecule has 1 aromatic heterocycles. The SMILES string of the molecule is CN(C)C(=O)C1CCCN1C(=O)c1cncc(O)c1. The molecule has 6 nitrogen and oxygen atoms in total. The standard InChI is InChI=1S/C13H17N3O3/c1-15(2)13(19)11-4-3-5-16(11)12(18)9-6-10(17)8-14-7-9/h6-8,11,17H,3-5H2,1-2H3. The molecule has 19 heavy (non-hydrogen) atoms. The summed E-state index contributed by atoms with van der Waals surface area (Å²) in [6, 6.07) is 0.954. The predicted molar refractivity (Wildman–Crippen MR) is 68.7 cm³/mol. The molecule has 1 atom stereocenters. The van der Waals surface area contributed by atoms with Crippen molar-refractivity contribution in [3.05, 3.63) is 24.0 Å². The average molecular weight is 263 g/mol. The van der Waals surface area contributed by atoms with Gasteiger partial charge in [-0.3, -0.25) is 14.6 Å². The van der Waals surface area contributed by atoms with Crippen LogP contribution in [0.25, 0.3) is 0 Å². The highest BCUT2D eigenvalue weighted by molar-refractivity contribution is 5.97. The summed E-state index contributed by atoms with van der Waals surface area (Å²) in [5.74, 6) is -0.388. The van der Waals surface area contributed by atoms with E-state index in [-0.39, 0.29) is 17.6 Å². The van der Waals surface area contributed by atoms with E-state index in [4.69, 9.17) is 0 Å². The van der Waals surface area contributed by atoms with Gasteiger partial charge in [-0.05, 0) is 18.9 Å². The molecule has 0 aromatic carbocycles. The lowest BCUT2D eigenvalue weighted by molar-refractivity contribution is -0.132. The maximum Gasteiger partial charge on any atom is 0.256 e. The van der Waals surface area contributed by atoms with Crippen LogP contribution in [-0.4, -0.2) is 58.4 Å². The number of likely N-dealkylation sites (tertiary alicyclic amines) is 1. The molecule has 0 radical (unpaired) electrons. The molecule has 1 aromatic rings. The lowest BCUT2D eigenvalue weighted by Gasteiger charge is -2.26. The monoisotopic (exact) mass is 263 g/mol. The second kappa shape index (κ2) is 5.26. The van der Waals surface area contributed by atoms with Crippen molar-refractivity contribution in [2.45, 2.75) is 18.9 Å². The minimum Gasteiger partial charge on any atom is -0.506 e. The van der Waals surface area contributed by atoms with Gasteiger partial charge in [0, 0.05) is 26.8 Å². The number of aromatic hydroxyl groups is 1. The summed E-state index contributed by atoms with van der Waals surface area (Å²) in [5.41, 5.74) is 0.304. The van der Waals surface area contributed by atoms with Crippen molar-refractivity contribution in [1.82, 2.24) is 14.8 Å². The van der Waals surface area contributed by atoms with Gasteiger partial charge >= 0.3 is 0 Å². The van der Waals surface area contributed by atoms with E-state index in [9.17, 15) is 14.7 Å². The van der Waals surface area contributed by atoms with Gasteiger partial charge in [-0.2, -0.15) is 0 Å². The molecule has 2 rings (SSSR count). The molecule has 1 aliphatic rings. The molecule has 0 bridgehead atoms. The van der Waals surface area contributed by atoms with Gasteiger partial charge in [0.05, 0.1) is 11.8 Å². The van der Waals surface area contributed by atoms with Gasteiger partial charge in [-0.1, -0.05) is 0 Å². The van der Waals surface area contributed by atoms with Crippen LogP contribution in [-0.2, 0) is 4.79 Å². The quantitative estimate of drug-likeness (QED) is 0.842. The number of carbonyl (C=O) groups is 2. The maximum absolute atomic E-state index is 12.3. The largest absolute Gasteiger partial charge is 0.506 e. The Labute approximate surface area is 111 Å². The van der Waals surface area contributed by atoms with E-state index in [1.165, 1.54) is 23.4 Å². The fourth-order valence-corrected chi connectivity index (χ4v) is 2.28. The van der Waals surface area contributed by atoms with Crippen LogP contribution >= 0.6 is 0 Å². The van der Waals surface area contributed by atoms with Crippen LogP contribution in [0.1, 0.15) is 23.2 Å². The first-order chi connectivity index (χ1) is 9.00. The van der Waals surface area contributed by atoms with Gasteiger partial charge in [-0.25, -0.2) is 0 Å². The van der Waals surface area contributed by atoms with Crippen molar-refractivity contribution < 1.29 is 14.7 Å². The van der Waals surface area contributed by atoms with E-state index in [0.717, 1.165) is 6.42 Å². The Kier molecular flexibility index (Phi) is 3.69. The summed E-state index contributed by atoms with van der Waals surface area (Å²) >= 11 is 0. The Morgan fingerprint density at radius 3 is 2.79 bits per heavy atom. The van der Waals surface area contributed by atoms with Gasteiger partial charge in [0.15, 0.2) is 0 Å². The number of amides is 2. The van der Waals surface area contributed by atoms with Gasteiger partial charge in [0.1, 0.15) is 11.8 Å². The van der Waals surface area contributed by atoms with Gasteiger partial charge in [-0.15, -0.1) is 0 Å². The minimum atomic E-state index is -0.412. The third kappa shape index (κ3) is 2.67. The first kappa shape index (κ1) is 13.3. The fraction of sp³-hybridized carbons (Fsp3) is 0.462. The Balaban J connectivity index is 2.21. The molecule has 6 heteroatoms. The van der Waals surface area contributed by atoms with Gasteiger partial charge in [0.25, 0.3) is 5.91 Å². The van der Waals surface area contributed by atoms with E-state index in [2.05, 4.69) is 4.98 Å². The molecule has 1 saturated heterocycles. The molecule has 2 heterocycles. The topological polar surface area (TPSA) is 73.7 Å². The lowest BCUT2D eigenvalue weighted by atomic mass is 10.1. The van der Waals surface area contributed by atoms with E-state index >= 15 is 0 Å². The van der Waals surface area contributed by atoms with Crippen molar-refractivity contribution in [3.8, 4) is 5.75 Å². The summed E-state index contributed by atoms with van der Waals surface area (Å²) in [7, 11) is 3.36. The minimum absolute atomic E-state index is 0.0551. The van der Waals surface area contributed by atoms with Crippen molar-refractivity contribution >= 4 is 11.8 Å². The molecule has 102 valence electrons. The van der Waals surface area contributed by atoms with Crippen molar-refractivity contribution in [2.75, 3.05) is 20.6 Å². The summed E-state index contributed by atoms with van der Waals surface area (Å²) < 4.78 is 0. The summed E-state index contributed by atoms with van der Waals surface area (Å²) in [6.45, 7) is 0.554. The molecule has 0 aliphatic carbocycles. The highest BCUT2D eigenvalue weighted by Gasteiger charge is 2.35. The van der Waals surface area contributed by atoms with E-state index in [1.54, 1.807) is 19.0 Å². The molecule has 1 unspecified atom stereocenters. The van der Waals surface area contributed by atoms with Crippen LogP contribution in [0.4, 0.5) is 0 Å². The van der Waals surface area contributed by atoms with E-state index in [1.807, 2.05) is 0 Å². The van der Waals surface area contributed by atoms with Crippen molar-refractivity contribution in [1.29, 1.82) is 0 Å². The number of likely N-dealkylation sites (N-methyl/N-ethyl adjacent to an activating group) is 1. The average Bonchev–Trinajstić information content (AvgIpc) is 2.85. The summed E-state index contributed by atoms with van der Waals surface area (Å²) in [6.07, 6.45) is 4.15. The Hall–Kier alpha value is -2.11. The first-order valence-electron chi connectivity index (χ1n) is 6.17. The van der Waals surface area contributed by atoms with Crippen molar-refractivity contribution in [3.63, 3.8) is 0 Å². The Bertz CT molecular complexity index is 502. The van der Waals surface area contributed by atoms with Gasteiger partial charge in [0.2, 0.25) is 5.91 Å². The zero-order valence-electron chi connectivity index (χ0n) is 11.0. The summed E-state index contributed by atoms with van der Waals surface area (Å²) in [5, 5.41) is 9.36. The summed E-state index contributed by atoms with van der Waals surface area (Å²) in [4.78, 5) is 31.2. The van der Waals surface area contributed by atoms with E-state index < -0.39 is 6.04 Å². The molecule has 2 amide bonds. The third-order valence-corrected chi connectivity index (χ3v) is 3.21. The van der Waals surface area contributed by atoms with Crippen LogP contribution in [0.2, 0.25) is 0 Å². The maximum atomic E-state index is 12.3. The Morgan fingerprint density at radius 1 is 1.42 bits per heavy atom. The number of rotatable bonds is 2. The van der Waals surface area contributed by atoms with Crippen LogP contribution in [0, 0.1) is 0 Å². The lowest BCUT2D eigenvalue weighted by Crippen LogP contribution is -2.45. The Morgan fingerprint density at radius 2 is 2.16 bits per heavy atom. The molecule has 1 aliphatic heterocycles. The molecular weight excluding hydrogens is 246 g/mol. The number of pyridine rings is 1.